The van der Waals surface area contributed by atoms with Gasteiger partial charge in [0.15, 0.2) is 0 Å². The van der Waals surface area contributed by atoms with Crippen LogP contribution >= 0.6 is 0 Å². The summed E-state index contributed by atoms with van der Waals surface area (Å²) in [5, 5.41) is 3.29. The number of benzene rings is 1. The van der Waals surface area contributed by atoms with E-state index in [1.807, 2.05) is 31.2 Å². The Kier molecular flexibility index (Phi) is 4.59. The van der Waals surface area contributed by atoms with Crippen molar-refractivity contribution in [3.8, 4) is 0 Å². The van der Waals surface area contributed by atoms with Crippen molar-refractivity contribution in [1.82, 2.24) is 0 Å². The monoisotopic (exact) mass is 249 g/mol. The van der Waals surface area contributed by atoms with Crippen LogP contribution in [0.4, 0.5) is 5.69 Å². The molecule has 1 aromatic carbocycles. The number of hydrogen-bond donors (Lipinski definition) is 1. The minimum absolute atomic E-state index is 0.149. The fraction of sp³-hybridized carbons (Fsp3) is 0.500. The van der Waals surface area contributed by atoms with Gasteiger partial charge < -0.3 is 14.8 Å². The highest BCUT2D eigenvalue weighted by atomic mass is 16.6. The summed E-state index contributed by atoms with van der Waals surface area (Å²) in [6.07, 6.45) is 0.782. The van der Waals surface area contributed by atoms with Crippen LogP contribution in [0.1, 0.15) is 24.8 Å². The third-order valence-corrected chi connectivity index (χ3v) is 3.05. The van der Waals surface area contributed by atoms with E-state index in [1.165, 1.54) is 0 Å². The second kappa shape index (κ2) is 6.40. The largest absolute Gasteiger partial charge is 0.463 e. The smallest absolute Gasteiger partial charge is 0.313 e. The third kappa shape index (κ3) is 3.01. The molecule has 0 aromatic heterocycles. The minimum Gasteiger partial charge on any atom is -0.463 e. The number of nitrogens with one attached hydrogen (secondary N) is 1. The number of para-hydroxylation sites is 1. The summed E-state index contributed by atoms with van der Waals surface area (Å²) in [5.74, 6) is -0.298. The van der Waals surface area contributed by atoms with E-state index in [9.17, 15) is 4.79 Å². The first kappa shape index (κ1) is 12.9. The van der Waals surface area contributed by atoms with Crippen molar-refractivity contribution in [2.24, 2.45) is 0 Å². The maximum Gasteiger partial charge on any atom is 0.313 e. The average Bonchev–Trinajstić information content (AvgIpc) is 2.43. The Bertz CT molecular complexity index is 406. The SMILES string of the molecule is CCOCCOC(=O)C1CCNc2ccccc21. The number of hydrogen-bond acceptors (Lipinski definition) is 4. The van der Waals surface area contributed by atoms with E-state index in [0.29, 0.717) is 19.8 Å². The van der Waals surface area contributed by atoms with Crippen LogP contribution in [0.25, 0.3) is 0 Å². The van der Waals surface area contributed by atoms with E-state index < -0.39 is 0 Å². The van der Waals surface area contributed by atoms with E-state index >= 15 is 0 Å². The lowest BCUT2D eigenvalue weighted by molar-refractivity contribution is -0.147. The van der Waals surface area contributed by atoms with Gasteiger partial charge in [-0.05, 0) is 25.0 Å². The van der Waals surface area contributed by atoms with Crippen molar-refractivity contribution in [1.29, 1.82) is 0 Å². The Morgan fingerprint density at radius 1 is 1.39 bits per heavy atom. The molecule has 0 radical (unpaired) electrons. The second-order valence-electron chi connectivity index (χ2n) is 4.22. The van der Waals surface area contributed by atoms with Crippen LogP contribution in [0.5, 0.6) is 0 Å². The van der Waals surface area contributed by atoms with Gasteiger partial charge in [0.2, 0.25) is 0 Å². The second-order valence-corrected chi connectivity index (χ2v) is 4.22. The van der Waals surface area contributed by atoms with Crippen LogP contribution in [0.3, 0.4) is 0 Å². The fourth-order valence-corrected chi connectivity index (χ4v) is 2.16. The van der Waals surface area contributed by atoms with Crippen LogP contribution in [-0.4, -0.2) is 32.3 Å². The molecular weight excluding hydrogens is 230 g/mol. The Balaban J connectivity index is 1.95. The lowest BCUT2D eigenvalue weighted by Gasteiger charge is -2.25. The molecule has 98 valence electrons. The van der Waals surface area contributed by atoms with E-state index in [2.05, 4.69) is 5.32 Å². The Morgan fingerprint density at radius 2 is 2.22 bits per heavy atom. The zero-order valence-electron chi connectivity index (χ0n) is 10.6. The van der Waals surface area contributed by atoms with E-state index in [1.54, 1.807) is 0 Å². The molecule has 0 aliphatic carbocycles. The summed E-state index contributed by atoms with van der Waals surface area (Å²) in [7, 11) is 0. The van der Waals surface area contributed by atoms with E-state index in [0.717, 1.165) is 24.2 Å². The van der Waals surface area contributed by atoms with E-state index in [4.69, 9.17) is 9.47 Å². The molecule has 1 aromatic rings. The molecule has 0 saturated carbocycles. The molecule has 1 unspecified atom stereocenters. The van der Waals surface area contributed by atoms with Crippen molar-refractivity contribution in [3.63, 3.8) is 0 Å². The number of carbonyl (C=O) groups excluding carboxylic acids is 1. The summed E-state index contributed by atoms with van der Waals surface area (Å²) in [6, 6.07) is 7.89. The summed E-state index contributed by atoms with van der Waals surface area (Å²) in [6.45, 7) is 4.18. The maximum absolute atomic E-state index is 12.0. The number of fused-ring (bicyclic) bond motifs is 1. The van der Waals surface area contributed by atoms with Gasteiger partial charge in [-0.1, -0.05) is 18.2 Å². The zero-order chi connectivity index (χ0) is 12.8. The van der Waals surface area contributed by atoms with Gasteiger partial charge in [0.05, 0.1) is 12.5 Å². The van der Waals surface area contributed by atoms with Gasteiger partial charge in [-0.25, -0.2) is 0 Å². The number of anilines is 1. The first-order chi connectivity index (χ1) is 8.83. The third-order valence-electron chi connectivity index (χ3n) is 3.05. The molecule has 1 aliphatic heterocycles. The Hall–Kier alpha value is -1.55. The van der Waals surface area contributed by atoms with Gasteiger partial charge in [0.25, 0.3) is 0 Å². The molecule has 2 rings (SSSR count). The molecule has 1 N–H and O–H groups in total. The van der Waals surface area contributed by atoms with Gasteiger partial charge in [-0.15, -0.1) is 0 Å². The highest BCUT2D eigenvalue weighted by molar-refractivity contribution is 5.81. The van der Waals surface area contributed by atoms with Crippen molar-refractivity contribution in [3.05, 3.63) is 29.8 Å². The van der Waals surface area contributed by atoms with Crippen LogP contribution in [0.2, 0.25) is 0 Å². The quantitative estimate of drug-likeness (QED) is 0.641. The number of rotatable bonds is 5. The Morgan fingerprint density at radius 3 is 3.06 bits per heavy atom. The first-order valence-corrected chi connectivity index (χ1v) is 6.40. The molecule has 18 heavy (non-hydrogen) atoms. The number of carbonyl (C=O) groups is 1. The highest BCUT2D eigenvalue weighted by Gasteiger charge is 2.27. The maximum atomic E-state index is 12.0. The van der Waals surface area contributed by atoms with Gasteiger partial charge in [-0.3, -0.25) is 4.79 Å². The van der Waals surface area contributed by atoms with Crippen LogP contribution in [0.15, 0.2) is 24.3 Å². The minimum atomic E-state index is -0.149. The van der Waals surface area contributed by atoms with Gasteiger partial charge in [0, 0.05) is 18.8 Å². The van der Waals surface area contributed by atoms with Crippen molar-refractivity contribution >= 4 is 11.7 Å². The van der Waals surface area contributed by atoms with Crippen LogP contribution in [0, 0.1) is 0 Å². The molecule has 1 heterocycles. The lowest BCUT2D eigenvalue weighted by atomic mass is 9.91. The van der Waals surface area contributed by atoms with Gasteiger partial charge >= 0.3 is 5.97 Å². The molecular formula is C14H19NO3. The highest BCUT2D eigenvalue weighted by Crippen LogP contribution is 2.31. The standard InChI is InChI=1S/C14H19NO3/c1-2-17-9-10-18-14(16)12-7-8-15-13-6-4-3-5-11(12)13/h3-6,12,15H,2,7-10H2,1H3. The summed E-state index contributed by atoms with van der Waals surface area (Å²) >= 11 is 0. The van der Waals surface area contributed by atoms with Gasteiger partial charge in [-0.2, -0.15) is 0 Å². The van der Waals surface area contributed by atoms with Gasteiger partial charge in [0.1, 0.15) is 6.61 Å². The molecule has 0 amide bonds. The zero-order valence-corrected chi connectivity index (χ0v) is 10.6. The Labute approximate surface area is 107 Å². The molecule has 1 atom stereocenters. The molecule has 4 nitrogen and oxygen atoms in total. The first-order valence-electron chi connectivity index (χ1n) is 6.40. The lowest BCUT2D eigenvalue weighted by Crippen LogP contribution is -2.25. The van der Waals surface area contributed by atoms with Crippen molar-refractivity contribution in [2.75, 3.05) is 31.7 Å². The van der Waals surface area contributed by atoms with E-state index in [-0.39, 0.29) is 11.9 Å². The fourth-order valence-electron chi connectivity index (χ4n) is 2.16. The van der Waals surface area contributed by atoms with Crippen LogP contribution < -0.4 is 5.32 Å². The van der Waals surface area contributed by atoms with Crippen LogP contribution in [-0.2, 0) is 14.3 Å². The number of ether oxygens (including phenoxy) is 2. The predicted molar refractivity (Wildman–Crippen MR) is 69.7 cm³/mol. The van der Waals surface area contributed by atoms with Crippen molar-refractivity contribution < 1.29 is 14.3 Å². The molecule has 0 saturated heterocycles. The topological polar surface area (TPSA) is 47.6 Å². The molecule has 0 fully saturated rings. The predicted octanol–water partition coefficient (Wildman–Crippen LogP) is 2.17. The van der Waals surface area contributed by atoms with Crippen molar-refractivity contribution in [2.45, 2.75) is 19.3 Å². The summed E-state index contributed by atoms with van der Waals surface area (Å²) in [4.78, 5) is 12.0. The molecule has 1 aliphatic rings. The normalized spacial score (nSPS) is 17.7. The summed E-state index contributed by atoms with van der Waals surface area (Å²) < 4.78 is 10.4. The average molecular weight is 249 g/mol. The molecule has 0 spiro atoms. The molecule has 0 bridgehead atoms. The summed E-state index contributed by atoms with van der Waals surface area (Å²) in [5.41, 5.74) is 2.07. The number of esters is 1. The molecule has 4 heteroatoms.